The third-order valence-corrected chi connectivity index (χ3v) is 16.5. The van der Waals surface area contributed by atoms with Crippen LogP contribution in [0.5, 0.6) is 0 Å². The van der Waals surface area contributed by atoms with E-state index in [-0.39, 0.29) is 16.2 Å². The van der Waals surface area contributed by atoms with Crippen molar-refractivity contribution in [3.8, 4) is 55.6 Å². The molecule has 0 heterocycles. The summed E-state index contributed by atoms with van der Waals surface area (Å²) in [4.78, 5) is 2.64. The molecule has 0 fully saturated rings. The van der Waals surface area contributed by atoms with Gasteiger partial charge in [-0.3, -0.25) is 0 Å². The van der Waals surface area contributed by atoms with E-state index < -0.39 is 5.41 Å². The third-order valence-electron chi connectivity index (χ3n) is 16.5. The molecule has 0 unspecified atom stereocenters. The lowest BCUT2D eigenvalue weighted by molar-refractivity contribution is 0.333. The van der Waals surface area contributed by atoms with Crippen LogP contribution in [0.1, 0.15) is 98.9 Å². The van der Waals surface area contributed by atoms with Crippen LogP contribution in [0.2, 0.25) is 0 Å². The van der Waals surface area contributed by atoms with Gasteiger partial charge in [0.25, 0.3) is 0 Å². The van der Waals surface area contributed by atoms with Crippen LogP contribution in [-0.2, 0) is 21.7 Å². The van der Waals surface area contributed by atoms with Crippen molar-refractivity contribution in [3.63, 3.8) is 0 Å². The Hall–Kier alpha value is -7.22. The SMILES string of the molecule is CC1(C)CCC(C)(C)c2c(-c3cc4c(cc3N(c3ccc5c(c3)C(C)(C)c3ccccc3-5)c3ccccc3-c3ccccc3)C3(c5ccccc5-c5ccccc53)c3ccccc3-4)cccc21. The zero-order valence-electron chi connectivity index (χ0n) is 39.4. The molecular weight excluding hydrogens is 807 g/mol. The van der Waals surface area contributed by atoms with E-state index in [2.05, 4.69) is 247 Å². The van der Waals surface area contributed by atoms with Gasteiger partial charge in [0.1, 0.15) is 0 Å². The molecule has 0 saturated heterocycles. The molecule has 4 aliphatic rings. The van der Waals surface area contributed by atoms with Gasteiger partial charge in [0, 0.05) is 22.2 Å². The molecule has 9 aromatic rings. The molecule has 0 radical (unpaired) electrons. The molecule has 67 heavy (non-hydrogen) atoms. The van der Waals surface area contributed by atoms with Crippen LogP contribution in [0.15, 0.2) is 200 Å². The number of anilines is 3. The highest BCUT2D eigenvalue weighted by Gasteiger charge is 2.52. The molecule has 324 valence electrons. The van der Waals surface area contributed by atoms with E-state index in [9.17, 15) is 0 Å². The van der Waals surface area contributed by atoms with E-state index in [4.69, 9.17) is 0 Å². The first kappa shape index (κ1) is 40.1. The first-order chi connectivity index (χ1) is 32.5. The average Bonchev–Trinajstić information content (AvgIpc) is 3.91. The van der Waals surface area contributed by atoms with Crippen molar-refractivity contribution < 1.29 is 0 Å². The number of para-hydroxylation sites is 1. The summed E-state index contributed by atoms with van der Waals surface area (Å²) in [6.45, 7) is 14.7. The van der Waals surface area contributed by atoms with Crippen LogP contribution < -0.4 is 4.90 Å². The predicted octanol–water partition coefficient (Wildman–Crippen LogP) is 17.5. The molecule has 0 atom stereocenters. The lowest BCUT2D eigenvalue weighted by Gasteiger charge is -2.43. The van der Waals surface area contributed by atoms with Crippen molar-refractivity contribution in [1.82, 2.24) is 0 Å². The van der Waals surface area contributed by atoms with Crippen molar-refractivity contribution in [1.29, 1.82) is 0 Å². The Morgan fingerprint density at radius 2 is 0.806 bits per heavy atom. The Balaban J connectivity index is 1.20. The first-order valence-electron chi connectivity index (χ1n) is 24.3. The smallest absolute Gasteiger partial charge is 0.0726 e. The monoisotopic (exact) mass is 861 g/mol. The van der Waals surface area contributed by atoms with Gasteiger partial charge in [-0.1, -0.05) is 211 Å². The molecule has 0 aliphatic heterocycles. The molecule has 9 aromatic carbocycles. The molecule has 0 bridgehead atoms. The molecular formula is C66H55N. The van der Waals surface area contributed by atoms with Gasteiger partial charge in [0.15, 0.2) is 0 Å². The summed E-state index contributed by atoms with van der Waals surface area (Å²) in [5.74, 6) is 0. The number of hydrogen-bond donors (Lipinski definition) is 0. The molecule has 1 heteroatoms. The van der Waals surface area contributed by atoms with Crippen LogP contribution in [-0.4, -0.2) is 0 Å². The van der Waals surface area contributed by atoms with E-state index in [1.807, 2.05) is 0 Å². The summed E-state index contributed by atoms with van der Waals surface area (Å²) in [5.41, 5.74) is 26.9. The fourth-order valence-electron chi connectivity index (χ4n) is 13.3. The highest BCUT2D eigenvalue weighted by Crippen LogP contribution is 2.65. The van der Waals surface area contributed by atoms with E-state index in [1.165, 1.54) is 106 Å². The Labute approximate surface area is 396 Å². The Morgan fingerprint density at radius 1 is 0.313 bits per heavy atom. The summed E-state index contributed by atoms with van der Waals surface area (Å²) in [6, 6.07) is 76.5. The van der Waals surface area contributed by atoms with E-state index in [0.717, 1.165) is 24.2 Å². The molecule has 4 aliphatic carbocycles. The van der Waals surface area contributed by atoms with Crippen LogP contribution in [0.25, 0.3) is 55.6 Å². The fraction of sp³-hybridized carbons (Fsp3) is 0.182. The number of fused-ring (bicyclic) bond motifs is 14. The fourth-order valence-corrected chi connectivity index (χ4v) is 13.3. The molecule has 1 spiro atoms. The van der Waals surface area contributed by atoms with Gasteiger partial charge in [-0.05, 0) is 143 Å². The Morgan fingerprint density at radius 3 is 1.46 bits per heavy atom. The summed E-state index contributed by atoms with van der Waals surface area (Å²) in [6.07, 6.45) is 2.29. The Kier molecular flexibility index (Phi) is 8.46. The second kappa shape index (κ2) is 14.1. The minimum Gasteiger partial charge on any atom is -0.309 e. The van der Waals surface area contributed by atoms with Gasteiger partial charge >= 0.3 is 0 Å². The van der Waals surface area contributed by atoms with Crippen LogP contribution in [0.3, 0.4) is 0 Å². The average molecular weight is 862 g/mol. The third kappa shape index (κ3) is 5.49. The lowest BCUT2D eigenvalue weighted by Crippen LogP contribution is -2.34. The second-order valence-electron chi connectivity index (χ2n) is 21.4. The topological polar surface area (TPSA) is 3.24 Å². The molecule has 1 nitrogen and oxygen atoms in total. The lowest BCUT2D eigenvalue weighted by atomic mass is 9.61. The van der Waals surface area contributed by atoms with Crippen LogP contribution in [0, 0.1) is 0 Å². The summed E-state index contributed by atoms with van der Waals surface area (Å²) < 4.78 is 0. The molecule has 0 saturated carbocycles. The standard InChI is InChI=1S/C66H55N/c1-63(2)37-38-64(3,4)62-50(28-20-33-57(62)63)52-40-51-48-27-13-18-32-56(48)66(54-30-16-11-25-46(54)47-26-12-17-31-55(47)66)59(51)41-61(52)67(60-34-19-14-23-44(60)42-21-8-7-9-22-42)43-35-36-49-45-24-10-15-29-53(45)65(5,6)58(49)39-43/h7-36,39-41H,37-38H2,1-6H3. The number of hydrogen-bond acceptors (Lipinski definition) is 1. The molecule has 0 N–H and O–H groups in total. The Bertz CT molecular complexity index is 3460. The van der Waals surface area contributed by atoms with E-state index in [0.29, 0.717) is 0 Å². The number of benzene rings is 9. The first-order valence-corrected chi connectivity index (χ1v) is 24.3. The van der Waals surface area contributed by atoms with Crippen molar-refractivity contribution in [2.75, 3.05) is 4.90 Å². The largest absolute Gasteiger partial charge is 0.309 e. The van der Waals surface area contributed by atoms with Crippen LogP contribution >= 0.6 is 0 Å². The van der Waals surface area contributed by atoms with Gasteiger partial charge in [-0.2, -0.15) is 0 Å². The highest BCUT2D eigenvalue weighted by atomic mass is 15.1. The maximum Gasteiger partial charge on any atom is 0.0726 e. The van der Waals surface area contributed by atoms with Crippen LogP contribution in [0.4, 0.5) is 17.1 Å². The van der Waals surface area contributed by atoms with Crippen molar-refractivity contribution in [2.24, 2.45) is 0 Å². The van der Waals surface area contributed by atoms with Gasteiger partial charge in [-0.15, -0.1) is 0 Å². The van der Waals surface area contributed by atoms with Gasteiger partial charge in [0.05, 0.1) is 16.8 Å². The van der Waals surface area contributed by atoms with Crippen molar-refractivity contribution in [3.05, 3.63) is 245 Å². The second-order valence-corrected chi connectivity index (χ2v) is 21.4. The minimum absolute atomic E-state index is 0.0314. The van der Waals surface area contributed by atoms with Crippen molar-refractivity contribution in [2.45, 2.75) is 76.0 Å². The molecule has 0 aromatic heterocycles. The van der Waals surface area contributed by atoms with Gasteiger partial charge in [-0.25, -0.2) is 0 Å². The summed E-state index contributed by atoms with van der Waals surface area (Å²) in [7, 11) is 0. The predicted molar refractivity (Wildman–Crippen MR) is 281 cm³/mol. The van der Waals surface area contributed by atoms with E-state index >= 15 is 0 Å². The molecule has 13 rings (SSSR count). The summed E-state index contributed by atoms with van der Waals surface area (Å²) >= 11 is 0. The van der Waals surface area contributed by atoms with Gasteiger partial charge in [0.2, 0.25) is 0 Å². The van der Waals surface area contributed by atoms with Gasteiger partial charge < -0.3 is 4.90 Å². The van der Waals surface area contributed by atoms with Crippen molar-refractivity contribution >= 4 is 17.1 Å². The normalized spacial score (nSPS) is 16.6. The quantitative estimate of drug-likeness (QED) is 0.167. The van der Waals surface area contributed by atoms with E-state index in [1.54, 1.807) is 0 Å². The minimum atomic E-state index is -0.504. The highest BCUT2D eigenvalue weighted by molar-refractivity contribution is 6.02. The number of rotatable bonds is 5. The maximum atomic E-state index is 2.64. The molecule has 0 amide bonds. The number of nitrogens with zero attached hydrogens (tertiary/aromatic N) is 1. The summed E-state index contributed by atoms with van der Waals surface area (Å²) in [5, 5.41) is 0. The maximum absolute atomic E-state index is 2.64. The zero-order chi connectivity index (χ0) is 45.5. The zero-order valence-corrected chi connectivity index (χ0v) is 39.4.